The van der Waals surface area contributed by atoms with E-state index < -0.39 is 24.4 Å². The Kier molecular flexibility index (Phi) is 3.63. The molecule has 5 heteroatoms. The zero-order valence-corrected chi connectivity index (χ0v) is 7.67. The number of hydrogen-bond acceptors (Lipinski definition) is 5. The van der Waals surface area contributed by atoms with Crippen LogP contribution in [0.15, 0.2) is 0 Å². The summed E-state index contributed by atoms with van der Waals surface area (Å²) < 4.78 is 0. The molecule has 4 N–H and O–H groups in total. The van der Waals surface area contributed by atoms with E-state index in [1.165, 1.54) is 4.90 Å². The topological polar surface area (TPSA) is 84.2 Å². The molecule has 0 radical (unpaired) electrons. The molecule has 78 valence electrons. The number of rotatable bonds is 3. The van der Waals surface area contributed by atoms with E-state index in [9.17, 15) is 15.3 Å². The number of hydrogen-bond donors (Lipinski definition) is 4. The van der Waals surface area contributed by atoms with Crippen molar-refractivity contribution < 1.29 is 20.4 Å². The molecule has 0 bridgehead atoms. The second-order valence-electron chi connectivity index (χ2n) is 3.44. The first-order valence-electron chi connectivity index (χ1n) is 4.51. The van der Waals surface area contributed by atoms with Gasteiger partial charge in [-0.2, -0.15) is 0 Å². The van der Waals surface area contributed by atoms with E-state index in [0.29, 0.717) is 6.42 Å². The third kappa shape index (κ3) is 2.00. The summed E-state index contributed by atoms with van der Waals surface area (Å²) in [5.74, 6) is 0. The molecule has 1 fully saturated rings. The van der Waals surface area contributed by atoms with Gasteiger partial charge < -0.3 is 20.4 Å². The van der Waals surface area contributed by atoms with Gasteiger partial charge in [-0.05, 0) is 6.42 Å². The average Bonchev–Trinajstić information content (AvgIpc) is 2.42. The van der Waals surface area contributed by atoms with Gasteiger partial charge in [0.2, 0.25) is 0 Å². The SMILES string of the molecule is CC[C@@H](O)[C@@H]1[C@@H](O)[C@H](O)CN1CO. The van der Waals surface area contributed by atoms with Crippen molar-refractivity contribution in [2.24, 2.45) is 0 Å². The van der Waals surface area contributed by atoms with Gasteiger partial charge in [-0.25, -0.2) is 0 Å². The third-order valence-corrected chi connectivity index (χ3v) is 2.58. The Labute approximate surface area is 77.2 Å². The summed E-state index contributed by atoms with van der Waals surface area (Å²) in [7, 11) is 0. The molecule has 0 aromatic carbocycles. The van der Waals surface area contributed by atoms with E-state index in [1.807, 2.05) is 0 Å². The fourth-order valence-corrected chi connectivity index (χ4v) is 1.78. The predicted molar refractivity (Wildman–Crippen MR) is 45.9 cm³/mol. The molecule has 1 aliphatic heterocycles. The highest BCUT2D eigenvalue weighted by Crippen LogP contribution is 2.21. The number of aliphatic hydroxyl groups excluding tert-OH is 4. The lowest BCUT2D eigenvalue weighted by molar-refractivity contribution is -0.0284. The van der Waals surface area contributed by atoms with Gasteiger partial charge in [0.15, 0.2) is 0 Å². The zero-order valence-electron chi connectivity index (χ0n) is 7.67. The molecule has 0 spiro atoms. The quantitative estimate of drug-likeness (QED) is 0.419. The molecule has 0 aliphatic carbocycles. The summed E-state index contributed by atoms with van der Waals surface area (Å²) >= 11 is 0. The molecule has 0 aromatic heterocycles. The number of nitrogens with zero attached hydrogens (tertiary/aromatic N) is 1. The number of likely N-dealkylation sites (tertiary alicyclic amines) is 1. The molecule has 5 nitrogen and oxygen atoms in total. The number of aliphatic hydroxyl groups is 4. The molecule has 4 atom stereocenters. The lowest BCUT2D eigenvalue weighted by Gasteiger charge is -2.27. The van der Waals surface area contributed by atoms with Crippen LogP contribution in [0.4, 0.5) is 0 Å². The van der Waals surface area contributed by atoms with Crippen LogP contribution in [-0.2, 0) is 0 Å². The van der Waals surface area contributed by atoms with Crippen LogP contribution in [0.3, 0.4) is 0 Å². The van der Waals surface area contributed by atoms with Crippen molar-refractivity contribution >= 4 is 0 Å². The molecule has 1 rings (SSSR count). The largest absolute Gasteiger partial charge is 0.391 e. The van der Waals surface area contributed by atoms with Crippen LogP contribution in [0.1, 0.15) is 13.3 Å². The van der Waals surface area contributed by atoms with Gasteiger partial charge in [0.05, 0.1) is 31.1 Å². The Morgan fingerprint density at radius 1 is 1.46 bits per heavy atom. The zero-order chi connectivity index (χ0) is 10.0. The summed E-state index contributed by atoms with van der Waals surface area (Å²) in [5, 5.41) is 37.2. The number of β-amino-alcohol motifs (C(OH)–C–C–N with tert-alkyl or cyclic N) is 1. The van der Waals surface area contributed by atoms with E-state index in [4.69, 9.17) is 5.11 Å². The smallest absolute Gasteiger partial charge is 0.0992 e. The first-order chi connectivity index (χ1) is 6.11. The molecule has 13 heavy (non-hydrogen) atoms. The second-order valence-corrected chi connectivity index (χ2v) is 3.44. The second kappa shape index (κ2) is 4.34. The molecule has 1 heterocycles. The predicted octanol–water partition coefficient (Wildman–Crippen LogP) is -1.89. The third-order valence-electron chi connectivity index (χ3n) is 2.58. The Hall–Kier alpha value is -0.200. The van der Waals surface area contributed by atoms with Gasteiger partial charge in [0.25, 0.3) is 0 Å². The Bertz CT molecular complexity index is 166. The van der Waals surface area contributed by atoms with Gasteiger partial charge in [-0.15, -0.1) is 0 Å². The van der Waals surface area contributed by atoms with Crippen LogP contribution < -0.4 is 0 Å². The van der Waals surface area contributed by atoms with Crippen LogP contribution in [-0.4, -0.2) is 63.0 Å². The van der Waals surface area contributed by atoms with Crippen LogP contribution in [0.5, 0.6) is 0 Å². The molecule has 0 unspecified atom stereocenters. The van der Waals surface area contributed by atoms with E-state index in [2.05, 4.69) is 0 Å². The molecule has 1 aliphatic rings. The highest BCUT2D eigenvalue weighted by atomic mass is 16.3. The summed E-state index contributed by atoms with van der Waals surface area (Å²) in [6.07, 6.45) is -2.06. The first kappa shape index (κ1) is 10.9. The highest BCUT2D eigenvalue weighted by Gasteiger charge is 2.42. The van der Waals surface area contributed by atoms with E-state index >= 15 is 0 Å². The maximum atomic E-state index is 9.52. The summed E-state index contributed by atoms with van der Waals surface area (Å²) in [6.45, 7) is 1.74. The Morgan fingerprint density at radius 3 is 2.54 bits per heavy atom. The van der Waals surface area contributed by atoms with Gasteiger partial charge in [-0.3, -0.25) is 4.90 Å². The fraction of sp³-hybridized carbons (Fsp3) is 1.00. The van der Waals surface area contributed by atoms with Crippen molar-refractivity contribution in [1.82, 2.24) is 4.90 Å². The minimum Gasteiger partial charge on any atom is -0.391 e. The van der Waals surface area contributed by atoms with Gasteiger partial charge in [0.1, 0.15) is 0 Å². The van der Waals surface area contributed by atoms with Crippen molar-refractivity contribution in [1.29, 1.82) is 0 Å². The first-order valence-corrected chi connectivity index (χ1v) is 4.51. The summed E-state index contributed by atoms with van der Waals surface area (Å²) in [5.41, 5.74) is 0. The Morgan fingerprint density at radius 2 is 2.08 bits per heavy atom. The molecule has 1 saturated heterocycles. The highest BCUT2D eigenvalue weighted by molar-refractivity contribution is 4.95. The standard InChI is InChI=1S/C8H17NO4/c1-2-5(11)7-8(13)6(12)3-9(7)4-10/h5-8,10-13H,2-4H2,1H3/t5-,6-,7-,8+/m1/s1. The van der Waals surface area contributed by atoms with E-state index in [1.54, 1.807) is 6.92 Å². The maximum Gasteiger partial charge on any atom is 0.0992 e. The van der Waals surface area contributed by atoms with Crippen molar-refractivity contribution in [3.63, 3.8) is 0 Å². The average molecular weight is 191 g/mol. The maximum absolute atomic E-state index is 9.52. The fourth-order valence-electron chi connectivity index (χ4n) is 1.78. The summed E-state index contributed by atoms with van der Waals surface area (Å²) in [4.78, 5) is 1.48. The normalized spacial score (nSPS) is 38.1. The lowest BCUT2D eigenvalue weighted by Crippen LogP contribution is -2.45. The van der Waals surface area contributed by atoms with Crippen molar-refractivity contribution in [2.75, 3.05) is 13.3 Å². The minimum absolute atomic E-state index is 0.208. The summed E-state index contributed by atoms with van der Waals surface area (Å²) in [6, 6.07) is -0.551. The van der Waals surface area contributed by atoms with Crippen molar-refractivity contribution in [2.45, 2.75) is 37.7 Å². The minimum atomic E-state index is -0.970. The lowest BCUT2D eigenvalue weighted by atomic mass is 10.0. The van der Waals surface area contributed by atoms with Crippen molar-refractivity contribution in [3.05, 3.63) is 0 Å². The molecular formula is C8H17NO4. The van der Waals surface area contributed by atoms with Gasteiger partial charge in [-0.1, -0.05) is 6.92 Å². The van der Waals surface area contributed by atoms with Crippen LogP contribution in [0.2, 0.25) is 0 Å². The van der Waals surface area contributed by atoms with Crippen LogP contribution >= 0.6 is 0 Å². The van der Waals surface area contributed by atoms with E-state index in [-0.39, 0.29) is 13.3 Å². The monoisotopic (exact) mass is 191 g/mol. The molecule has 0 aromatic rings. The Balaban J connectivity index is 2.67. The van der Waals surface area contributed by atoms with Gasteiger partial charge >= 0.3 is 0 Å². The van der Waals surface area contributed by atoms with Crippen molar-refractivity contribution in [3.8, 4) is 0 Å². The van der Waals surface area contributed by atoms with Crippen LogP contribution in [0, 0.1) is 0 Å². The molecular weight excluding hydrogens is 174 g/mol. The molecule has 0 amide bonds. The van der Waals surface area contributed by atoms with Gasteiger partial charge in [0, 0.05) is 6.54 Å². The molecule has 0 saturated carbocycles. The van der Waals surface area contributed by atoms with E-state index in [0.717, 1.165) is 0 Å². The van der Waals surface area contributed by atoms with Crippen LogP contribution in [0.25, 0.3) is 0 Å².